The zero-order valence-corrected chi connectivity index (χ0v) is 15.5. The van der Waals surface area contributed by atoms with Crippen molar-refractivity contribution in [2.45, 2.75) is 6.42 Å². The summed E-state index contributed by atoms with van der Waals surface area (Å²) in [6.45, 7) is 0.820. The summed E-state index contributed by atoms with van der Waals surface area (Å²) < 4.78 is 10.2. The molecule has 2 aromatic rings. The van der Waals surface area contributed by atoms with Crippen LogP contribution in [0.3, 0.4) is 0 Å². The lowest BCUT2D eigenvalue weighted by molar-refractivity contribution is -0.136. The van der Waals surface area contributed by atoms with Gasteiger partial charge in [0.15, 0.2) is 0 Å². The maximum Gasteiger partial charge on any atom is 0.278 e. The van der Waals surface area contributed by atoms with Gasteiger partial charge in [-0.05, 0) is 42.1 Å². The summed E-state index contributed by atoms with van der Waals surface area (Å²) in [6.07, 6.45) is 0.599. The van der Waals surface area contributed by atoms with E-state index < -0.39 is 0 Å². The van der Waals surface area contributed by atoms with Crippen LogP contribution in [0.2, 0.25) is 0 Å². The first-order chi connectivity index (χ1) is 12.7. The number of hydrogen-bond acceptors (Lipinski definition) is 6. The van der Waals surface area contributed by atoms with Crippen molar-refractivity contribution in [1.82, 2.24) is 4.90 Å². The van der Waals surface area contributed by atoms with Crippen molar-refractivity contribution < 1.29 is 19.1 Å². The highest BCUT2D eigenvalue weighted by Crippen LogP contribution is 2.33. The minimum absolute atomic E-state index is 0.274. The number of methoxy groups -OCH3 is 2. The summed E-state index contributed by atoms with van der Waals surface area (Å²) >= 11 is 1.43. The lowest BCUT2D eigenvalue weighted by Crippen LogP contribution is -2.33. The van der Waals surface area contributed by atoms with Gasteiger partial charge in [-0.2, -0.15) is 0 Å². The largest absolute Gasteiger partial charge is 0.497 e. The molecule has 0 spiro atoms. The predicted octanol–water partition coefficient (Wildman–Crippen LogP) is 2.99. The Balaban J connectivity index is 1.90. The normalized spacial score (nSPS) is 14.3. The van der Waals surface area contributed by atoms with Gasteiger partial charge in [0.05, 0.1) is 12.7 Å². The molecule has 0 bridgehead atoms. The zero-order chi connectivity index (χ0) is 18.5. The molecule has 0 aliphatic carbocycles. The third kappa shape index (κ3) is 3.63. The fourth-order valence-corrected chi connectivity index (χ4v) is 3.50. The number of hydrogen-bond donors (Lipinski definition) is 1. The Labute approximate surface area is 156 Å². The van der Waals surface area contributed by atoms with Crippen molar-refractivity contribution in [2.24, 2.45) is 0 Å². The molecule has 1 aromatic heterocycles. The predicted molar refractivity (Wildman–Crippen MR) is 101 cm³/mol. The van der Waals surface area contributed by atoms with E-state index in [0.29, 0.717) is 30.8 Å². The number of anilines is 1. The van der Waals surface area contributed by atoms with Crippen LogP contribution in [0.5, 0.6) is 5.75 Å². The Bertz CT molecular complexity index is 813. The van der Waals surface area contributed by atoms with Crippen LogP contribution in [0.15, 0.2) is 47.5 Å². The van der Waals surface area contributed by atoms with Crippen LogP contribution in [0, 0.1) is 0 Å². The van der Waals surface area contributed by atoms with Crippen molar-refractivity contribution in [2.75, 3.05) is 32.7 Å². The van der Waals surface area contributed by atoms with Crippen LogP contribution in [0.4, 0.5) is 5.69 Å². The summed E-state index contributed by atoms with van der Waals surface area (Å²) in [4.78, 5) is 27.8. The maximum atomic E-state index is 12.9. The molecule has 0 saturated carbocycles. The van der Waals surface area contributed by atoms with Crippen molar-refractivity contribution in [1.29, 1.82) is 0 Å². The number of rotatable bonds is 8. The molecule has 2 amide bonds. The van der Waals surface area contributed by atoms with Gasteiger partial charge in [-0.25, -0.2) is 0 Å². The van der Waals surface area contributed by atoms with E-state index in [1.807, 2.05) is 29.6 Å². The van der Waals surface area contributed by atoms with E-state index in [9.17, 15) is 9.59 Å². The van der Waals surface area contributed by atoms with Crippen molar-refractivity contribution in [3.63, 3.8) is 0 Å². The average molecular weight is 372 g/mol. The fourth-order valence-electron chi connectivity index (χ4n) is 2.73. The molecule has 0 atom stereocenters. The number of imide groups is 1. The molecule has 1 N–H and O–H groups in total. The molecule has 0 fully saturated rings. The first kappa shape index (κ1) is 18.2. The fraction of sp³-hybridized carbons (Fsp3) is 0.263. The number of thiophene rings is 1. The molecule has 3 rings (SSSR count). The van der Waals surface area contributed by atoms with E-state index in [2.05, 4.69) is 5.32 Å². The minimum atomic E-state index is -0.315. The van der Waals surface area contributed by atoms with E-state index in [0.717, 1.165) is 16.3 Å². The first-order valence-electron chi connectivity index (χ1n) is 8.20. The highest BCUT2D eigenvalue weighted by molar-refractivity contribution is 7.11. The van der Waals surface area contributed by atoms with Crippen molar-refractivity contribution in [3.8, 4) is 5.75 Å². The Morgan fingerprint density at radius 3 is 2.46 bits per heavy atom. The topological polar surface area (TPSA) is 67.9 Å². The summed E-state index contributed by atoms with van der Waals surface area (Å²) in [7, 11) is 3.19. The summed E-state index contributed by atoms with van der Waals surface area (Å²) in [5.41, 5.74) is 1.44. The lowest BCUT2D eigenvalue weighted by Gasteiger charge is -2.14. The minimum Gasteiger partial charge on any atom is -0.497 e. The van der Waals surface area contributed by atoms with Gasteiger partial charge >= 0.3 is 0 Å². The summed E-state index contributed by atoms with van der Waals surface area (Å²) in [5.74, 6) is 0.132. The second kappa shape index (κ2) is 8.16. The molecule has 26 heavy (non-hydrogen) atoms. The molecule has 2 heterocycles. The second-order valence-corrected chi connectivity index (χ2v) is 6.64. The Kier molecular flexibility index (Phi) is 5.70. The average Bonchev–Trinajstić information content (AvgIpc) is 3.25. The van der Waals surface area contributed by atoms with Gasteiger partial charge in [0, 0.05) is 30.8 Å². The third-order valence-electron chi connectivity index (χ3n) is 4.03. The maximum absolute atomic E-state index is 12.9. The molecule has 136 valence electrons. The van der Waals surface area contributed by atoms with Gasteiger partial charge in [-0.1, -0.05) is 6.07 Å². The zero-order valence-electron chi connectivity index (χ0n) is 14.7. The SMILES string of the molecule is COCCCN1C(=O)C(Nc2ccc(OC)cc2)=C(c2cccs2)C1=O. The van der Waals surface area contributed by atoms with Gasteiger partial charge in [-0.15, -0.1) is 11.3 Å². The van der Waals surface area contributed by atoms with E-state index in [-0.39, 0.29) is 11.8 Å². The third-order valence-corrected chi connectivity index (χ3v) is 4.91. The molecule has 6 nitrogen and oxygen atoms in total. The standard InChI is InChI=1S/C19H20N2O4S/c1-24-11-4-10-21-18(22)16(15-5-3-12-26-15)17(19(21)23)20-13-6-8-14(25-2)9-7-13/h3,5-9,12,20H,4,10-11H2,1-2H3. The van der Waals surface area contributed by atoms with E-state index in [1.54, 1.807) is 26.4 Å². The Morgan fingerprint density at radius 1 is 1.08 bits per heavy atom. The number of benzene rings is 1. The monoisotopic (exact) mass is 372 g/mol. The summed E-state index contributed by atoms with van der Waals surface area (Å²) in [6, 6.07) is 10.9. The molecule has 1 aliphatic rings. The van der Waals surface area contributed by atoms with Crippen molar-refractivity contribution in [3.05, 3.63) is 52.4 Å². The van der Waals surface area contributed by atoms with Gasteiger partial charge in [0.1, 0.15) is 11.4 Å². The molecular weight excluding hydrogens is 352 g/mol. The van der Waals surface area contributed by atoms with Gasteiger partial charge in [0.25, 0.3) is 11.8 Å². The number of nitrogens with zero attached hydrogens (tertiary/aromatic N) is 1. The van der Waals surface area contributed by atoms with Gasteiger partial charge < -0.3 is 14.8 Å². The number of ether oxygens (including phenoxy) is 2. The number of carbonyl (C=O) groups is 2. The molecule has 0 radical (unpaired) electrons. The van der Waals surface area contributed by atoms with Gasteiger partial charge in [0.2, 0.25) is 0 Å². The van der Waals surface area contributed by atoms with E-state index in [4.69, 9.17) is 9.47 Å². The Morgan fingerprint density at radius 2 is 1.85 bits per heavy atom. The summed E-state index contributed by atoms with van der Waals surface area (Å²) in [5, 5.41) is 5.01. The van der Waals surface area contributed by atoms with E-state index >= 15 is 0 Å². The lowest BCUT2D eigenvalue weighted by atomic mass is 10.2. The smallest absolute Gasteiger partial charge is 0.278 e. The molecular formula is C19H20N2O4S. The molecule has 1 aliphatic heterocycles. The number of amides is 2. The molecule has 7 heteroatoms. The van der Waals surface area contributed by atoms with Crippen molar-refractivity contribution >= 4 is 34.4 Å². The Hall–Kier alpha value is -2.64. The molecule has 1 aromatic carbocycles. The van der Waals surface area contributed by atoms with Crippen LogP contribution < -0.4 is 10.1 Å². The number of nitrogens with one attached hydrogen (secondary N) is 1. The number of carbonyl (C=O) groups excluding carboxylic acids is 2. The van der Waals surface area contributed by atoms with Gasteiger partial charge in [-0.3, -0.25) is 14.5 Å². The molecule has 0 saturated heterocycles. The van der Waals surface area contributed by atoms with Crippen LogP contribution >= 0.6 is 11.3 Å². The van der Waals surface area contributed by atoms with Crippen LogP contribution in [0.25, 0.3) is 5.57 Å². The highest BCUT2D eigenvalue weighted by atomic mass is 32.1. The quantitative estimate of drug-likeness (QED) is 0.570. The first-order valence-corrected chi connectivity index (χ1v) is 9.08. The van der Waals surface area contributed by atoms with Crippen LogP contribution in [-0.2, 0) is 14.3 Å². The van der Waals surface area contributed by atoms with Crippen LogP contribution in [-0.4, -0.2) is 44.1 Å². The van der Waals surface area contributed by atoms with E-state index in [1.165, 1.54) is 16.2 Å². The van der Waals surface area contributed by atoms with Crippen LogP contribution in [0.1, 0.15) is 11.3 Å². The molecule has 0 unspecified atom stereocenters. The highest BCUT2D eigenvalue weighted by Gasteiger charge is 2.39. The second-order valence-electron chi connectivity index (χ2n) is 5.69.